The summed E-state index contributed by atoms with van der Waals surface area (Å²) in [5, 5.41) is 6.24. The van der Waals surface area contributed by atoms with Gasteiger partial charge in [0.05, 0.1) is 5.69 Å². The Labute approximate surface area is 174 Å². The molecule has 0 radical (unpaired) electrons. The number of halogens is 3. The second-order valence-electron chi connectivity index (χ2n) is 10.4. The largest absolute Gasteiger partial charge is 0.462 e. The van der Waals surface area contributed by atoms with Crippen LogP contribution in [0.1, 0.15) is 76.2 Å². The van der Waals surface area contributed by atoms with Crippen molar-refractivity contribution in [2.24, 2.45) is 28.6 Å². The third-order valence-corrected chi connectivity index (χ3v) is 8.99. The second-order valence-corrected chi connectivity index (χ2v) is 10.4. The zero-order valence-corrected chi connectivity index (χ0v) is 17.7. The van der Waals surface area contributed by atoms with Gasteiger partial charge in [0.2, 0.25) is 0 Å². The first-order valence-corrected chi connectivity index (χ1v) is 11.1. The summed E-state index contributed by atoms with van der Waals surface area (Å²) in [7, 11) is 0. The number of carbonyl (C=O) groups excluding carboxylic acids is 1. The quantitative estimate of drug-likeness (QED) is 0.605. The summed E-state index contributed by atoms with van der Waals surface area (Å²) >= 11 is 0. The number of allylic oxidation sites excluding steroid dienone is 1. The fourth-order valence-corrected chi connectivity index (χ4v) is 7.60. The van der Waals surface area contributed by atoms with Crippen molar-refractivity contribution in [1.29, 1.82) is 0 Å². The molecule has 4 aliphatic carbocycles. The first-order valence-electron chi connectivity index (χ1n) is 11.1. The molecule has 3 fully saturated rings. The van der Waals surface area contributed by atoms with Crippen LogP contribution in [0.5, 0.6) is 0 Å². The fraction of sp³-hybridized carbons (Fsp3) is 0.739. The number of alkyl halides is 3. The van der Waals surface area contributed by atoms with E-state index in [1.54, 1.807) is 0 Å². The Morgan fingerprint density at radius 2 is 1.97 bits per heavy atom. The van der Waals surface area contributed by atoms with Gasteiger partial charge in [-0.3, -0.25) is 9.89 Å². The molecule has 0 bridgehead atoms. The molecule has 0 spiro atoms. The van der Waals surface area contributed by atoms with E-state index < -0.39 is 11.9 Å². The number of ether oxygens (including phenoxy) is 1. The average Bonchev–Trinajstić information content (AvgIpc) is 3.19. The lowest BCUT2D eigenvalue weighted by atomic mass is 9.47. The van der Waals surface area contributed by atoms with Gasteiger partial charge >= 0.3 is 12.1 Å². The zero-order chi connectivity index (χ0) is 21.5. The number of H-pyrrole nitrogens is 1. The zero-order valence-electron chi connectivity index (χ0n) is 17.7. The van der Waals surface area contributed by atoms with Crippen LogP contribution >= 0.6 is 0 Å². The lowest BCUT2D eigenvalue weighted by Crippen LogP contribution is -2.52. The van der Waals surface area contributed by atoms with Crippen molar-refractivity contribution in [3.05, 3.63) is 22.5 Å². The molecule has 5 rings (SSSR count). The fourth-order valence-electron chi connectivity index (χ4n) is 7.60. The second kappa shape index (κ2) is 6.36. The van der Waals surface area contributed by atoms with Crippen LogP contribution in [0.15, 0.2) is 5.57 Å². The van der Waals surface area contributed by atoms with E-state index in [-0.39, 0.29) is 22.9 Å². The van der Waals surface area contributed by atoms with Gasteiger partial charge in [-0.1, -0.05) is 19.4 Å². The Morgan fingerprint density at radius 1 is 1.20 bits per heavy atom. The lowest BCUT2D eigenvalue weighted by Gasteiger charge is -2.57. The SMILES string of the molecule is CC(=O)O[C@H]1CC[C@H]2[C@H]3CCC4=Cc5n[nH]c(C(F)(F)F)c5C[C@@]4(C)[C@@H]3CC[C@]12C. The molecular formula is C23H29F3N2O2. The predicted octanol–water partition coefficient (Wildman–Crippen LogP) is 5.54. The Hall–Kier alpha value is -1.79. The van der Waals surface area contributed by atoms with E-state index in [1.165, 1.54) is 12.5 Å². The van der Waals surface area contributed by atoms with E-state index in [1.807, 2.05) is 6.08 Å². The summed E-state index contributed by atoms with van der Waals surface area (Å²) < 4.78 is 46.3. The molecule has 0 aromatic carbocycles. The molecule has 7 heteroatoms. The minimum atomic E-state index is -4.41. The summed E-state index contributed by atoms with van der Waals surface area (Å²) in [6.07, 6.45) is 3.72. The Balaban J connectivity index is 1.48. The molecule has 30 heavy (non-hydrogen) atoms. The smallest absolute Gasteiger partial charge is 0.433 e. The van der Waals surface area contributed by atoms with Crippen molar-refractivity contribution in [3.8, 4) is 0 Å². The molecule has 164 valence electrons. The molecule has 0 unspecified atom stereocenters. The average molecular weight is 422 g/mol. The molecule has 4 nitrogen and oxygen atoms in total. The summed E-state index contributed by atoms with van der Waals surface area (Å²) in [5.41, 5.74) is 1.08. The molecule has 1 N–H and O–H groups in total. The highest BCUT2D eigenvalue weighted by atomic mass is 19.4. The minimum absolute atomic E-state index is 0.0169. The third-order valence-electron chi connectivity index (χ3n) is 8.99. The number of hydrogen-bond acceptors (Lipinski definition) is 3. The standard InChI is InChI=1S/C23H29F3N2O2/c1-12(29)30-19-7-6-16-14-5-4-13-10-18-15(20(28-27-18)23(24,25)26)11-22(13,3)17(14)8-9-21(16,19)2/h10,14,16-17,19H,4-9,11H2,1-3H3,(H,27,28)/t14-,16+,17-,19+,21+,22-/m1/s1. The van der Waals surface area contributed by atoms with Crippen molar-refractivity contribution >= 4 is 12.0 Å². The molecule has 1 heterocycles. The van der Waals surface area contributed by atoms with Crippen LogP contribution in [0.4, 0.5) is 13.2 Å². The van der Waals surface area contributed by atoms with Crippen LogP contribution in [0.3, 0.4) is 0 Å². The number of nitrogens with zero attached hydrogens (tertiary/aromatic N) is 1. The number of fused-ring (bicyclic) bond motifs is 6. The van der Waals surface area contributed by atoms with E-state index >= 15 is 0 Å². The predicted molar refractivity (Wildman–Crippen MR) is 105 cm³/mol. The summed E-state index contributed by atoms with van der Waals surface area (Å²) in [6.45, 7) is 5.91. The summed E-state index contributed by atoms with van der Waals surface area (Å²) in [4.78, 5) is 11.6. The normalized spacial score (nSPS) is 40.0. The van der Waals surface area contributed by atoms with Crippen LogP contribution < -0.4 is 0 Å². The maximum absolute atomic E-state index is 13.5. The van der Waals surface area contributed by atoms with Gasteiger partial charge in [0.25, 0.3) is 0 Å². The van der Waals surface area contributed by atoms with Crippen LogP contribution in [-0.4, -0.2) is 22.3 Å². The van der Waals surface area contributed by atoms with Crippen molar-refractivity contribution in [2.75, 3.05) is 0 Å². The molecule has 1 aromatic rings. The van der Waals surface area contributed by atoms with Gasteiger partial charge in [0, 0.05) is 17.9 Å². The van der Waals surface area contributed by atoms with Crippen LogP contribution in [0.25, 0.3) is 6.08 Å². The Bertz CT molecular complexity index is 920. The summed E-state index contributed by atoms with van der Waals surface area (Å²) in [5.74, 6) is 1.07. The molecule has 6 atom stereocenters. The molecule has 4 aliphatic rings. The van der Waals surface area contributed by atoms with E-state index in [2.05, 4.69) is 24.0 Å². The number of esters is 1. The summed E-state index contributed by atoms with van der Waals surface area (Å²) in [6, 6.07) is 0. The number of nitrogens with one attached hydrogen (secondary N) is 1. The molecule has 0 saturated heterocycles. The Kier molecular flexibility index (Phi) is 4.27. The van der Waals surface area contributed by atoms with Gasteiger partial charge in [-0.05, 0) is 74.2 Å². The van der Waals surface area contributed by atoms with Crippen LogP contribution in [0.2, 0.25) is 0 Å². The van der Waals surface area contributed by atoms with Gasteiger partial charge in [-0.15, -0.1) is 0 Å². The van der Waals surface area contributed by atoms with Crippen molar-refractivity contribution < 1.29 is 22.7 Å². The number of rotatable bonds is 1. The first-order chi connectivity index (χ1) is 14.0. The number of aromatic amines is 1. The maximum Gasteiger partial charge on any atom is 0.433 e. The first kappa shape index (κ1) is 20.1. The Morgan fingerprint density at radius 3 is 2.67 bits per heavy atom. The van der Waals surface area contributed by atoms with Crippen LogP contribution in [0, 0.1) is 28.6 Å². The van der Waals surface area contributed by atoms with E-state index in [0.717, 1.165) is 38.5 Å². The number of hydrogen-bond donors (Lipinski definition) is 1. The van der Waals surface area contributed by atoms with Crippen molar-refractivity contribution in [3.63, 3.8) is 0 Å². The van der Waals surface area contributed by atoms with E-state index in [0.29, 0.717) is 35.4 Å². The van der Waals surface area contributed by atoms with Gasteiger partial charge in [0.1, 0.15) is 11.8 Å². The molecule has 1 aromatic heterocycles. The molecule has 0 aliphatic heterocycles. The van der Waals surface area contributed by atoms with Crippen molar-refractivity contribution in [2.45, 2.75) is 78.0 Å². The molecular weight excluding hydrogens is 393 g/mol. The van der Waals surface area contributed by atoms with Gasteiger partial charge in [0.15, 0.2) is 0 Å². The molecule has 0 amide bonds. The topological polar surface area (TPSA) is 55.0 Å². The van der Waals surface area contributed by atoms with E-state index in [4.69, 9.17) is 4.74 Å². The van der Waals surface area contributed by atoms with Gasteiger partial charge in [-0.2, -0.15) is 18.3 Å². The lowest BCUT2D eigenvalue weighted by molar-refractivity contribution is -0.157. The highest BCUT2D eigenvalue weighted by Gasteiger charge is 2.60. The number of aromatic nitrogens is 2. The minimum Gasteiger partial charge on any atom is -0.462 e. The van der Waals surface area contributed by atoms with E-state index in [9.17, 15) is 18.0 Å². The molecule has 3 saturated carbocycles. The van der Waals surface area contributed by atoms with Gasteiger partial charge < -0.3 is 4.74 Å². The third kappa shape index (κ3) is 2.72. The maximum atomic E-state index is 13.5. The highest BCUT2D eigenvalue weighted by Crippen LogP contribution is 2.65. The van der Waals surface area contributed by atoms with Crippen molar-refractivity contribution in [1.82, 2.24) is 10.2 Å². The van der Waals surface area contributed by atoms with Gasteiger partial charge in [-0.25, -0.2) is 0 Å². The highest BCUT2D eigenvalue weighted by molar-refractivity contribution is 5.66. The van der Waals surface area contributed by atoms with Crippen LogP contribution in [-0.2, 0) is 22.1 Å². The number of carbonyl (C=O) groups is 1. The monoisotopic (exact) mass is 422 g/mol.